The molecule has 0 saturated carbocycles. The maximum absolute atomic E-state index is 9.75. The summed E-state index contributed by atoms with van der Waals surface area (Å²) in [5.41, 5.74) is 0. The van der Waals surface area contributed by atoms with Crippen molar-refractivity contribution in [3.63, 3.8) is 0 Å². The van der Waals surface area contributed by atoms with Crippen LogP contribution in [0.15, 0.2) is 48.6 Å². The first-order valence-electron chi connectivity index (χ1n) is 7.47. The van der Waals surface area contributed by atoms with Gasteiger partial charge >= 0.3 is 7.25 Å². The van der Waals surface area contributed by atoms with Crippen LogP contribution in [0.1, 0.15) is 51.4 Å². The van der Waals surface area contributed by atoms with E-state index in [4.69, 9.17) is 0 Å². The molecule has 1 radical (unpaired) electrons. The second-order valence-electron chi connectivity index (χ2n) is 4.69. The van der Waals surface area contributed by atoms with Crippen LogP contribution in [-0.2, 0) is 19.5 Å². The standard InChI is InChI=1S/2C8H12.BF4.Rh/c2*1-2-4-6-8-7-5-3-1;2-1(3,4)5;/h2*1-2,7-8H,3-6H2;;/q;;-1;/b2*2-1-,8-7-;;. The Morgan fingerprint density at radius 1 is 0.409 bits per heavy atom. The average Bonchev–Trinajstić information content (AvgIpc) is 2.24. The Labute approximate surface area is 144 Å². The maximum atomic E-state index is 9.75. The predicted molar refractivity (Wildman–Crippen MR) is 83.7 cm³/mol. The summed E-state index contributed by atoms with van der Waals surface area (Å²) in [6.45, 7) is 0. The van der Waals surface area contributed by atoms with Gasteiger partial charge in [-0.3, -0.25) is 0 Å². The van der Waals surface area contributed by atoms with Crippen molar-refractivity contribution in [3.05, 3.63) is 48.6 Å². The van der Waals surface area contributed by atoms with Crippen LogP contribution < -0.4 is 0 Å². The molecule has 0 aromatic rings. The molecule has 0 saturated heterocycles. The third-order valence-electron chi connectivity index (χ3n) is 2.67. The molecule has 0 unspecified atom stereocenters. The first kappa shape index (κ1) is 23.6. The molecule has 2 rings (SSSR count). The number of halogens is 4. The van der Waals surface area contributed by atoms with Crippen molar-refractivity contribution in [2.45, 2.75) is 51.4 Å². The van der Waals surface area contributed by atoms with Gasteiger partial charge in [0.1, 0.15) is 0 Å². The summed E-state index contributed by atoms with van der Waals surface area (Å²) in [6.07, 6.45) is 28.0. The van der Waals surface area contributed by atoms with Crippen LogP contribution in [0, 0.1) is 0 Å². The summed E-state index contributed by atoms with van der Waals surface area (Å²) in [7, 11) is -6.00. The van der Waals surface area contributed by atoms with Crippen molar-refractivity contribution < 1.29 is 36.7 Å². The molecular weight excluding hydrogens is 382 g/mol. The van der Waals surface area contributed by atoms with E-state index in [1.54, 1.807) is 0 Å². The molecule has 0 bridgehead atoms. The minimum atomic E-state index is -6.00. The van der Waals surface area contributed by atoms with Crippen molar-refractivity contribution in [3.8, 4) is 0 Å². The zero-order valence-corrected chi connectivity index (χ0v) is 14.3. The Balaban J connectivity index is 0. The zero-order valence-electron chi connectivity index (χ0n) is 12.7. The summed E-state index contributed by atoms with van der Waals surface area (Å²) in [5, 5.41) is 0. The van der Waals surface area contributed by atoms with Gasteiger partial charge < -0.3 is 17.3 Å². The summed E-state index contributed by atoms with van der Waals surface area (Å²) in [6, 6.07) is 0. The van der Waals surface area contributed by atoms with Gasteiger partial charge in [0.2, 0.25) is 0 Å². The fraction of sp³-hybridized carbons (Fsp3) is 0.500. The van der Waals surface area contributed by atoms with Crippen LogP contribution in [0.5, 0.6) is 0 Å². The van der Waals surface area contributed by atoms with E-state index in [1.165, 1.54) is 51.4 Å². The maximum Gasteiger partial charge on any atom is 0.673 e. The summed E-state index contributed by atoms with van der Waals surface area (Å²) >= 11 is 0. The molecule has 0 aromatic carbocycles. The van der Waals surface area contributed by atoms with E-state index in [9.17, 15) is 17.3 Å². The van der Waals surface area contributed by atoms with Crippen LogP contribution in [0.3, 0.4) is 0 Å². The Morgan fingerprint density at radius 2 is 0.500 bits per heavy atom. The first-order chi connectivity index (χ1) is 10.0. The molecule has 6 heteroatoms. The van der Waals surface area contributed by atoms with E-state index in [2.05, 4.69) is 48.6 Å². The molecule has 0 aromatic heterocycles. The van der Waals surface area contributed by atoms with Gasteiger partial charge in [0.25, 0.3) is 0 Å². The minimum absolute atomic E-state index is 0. The van der Waals surface area contributed by atoms with Gasteiger partial charge in [-0.2, -0.15) is 0 Å². The number of hydrogen-bond acceptors (Lipinski definition) is 0. The van der Waals surface area contributed by atoms with Crippen LogP contribution in [0.2, 0.25) is 0 Å². The predicted octanol–water partition coefficient (Wildman–Crippen LogP) is 6.64. The van der Waals surface area contributed by atoms with E-state index in [0.29, 0.717) is 0 Å². The van der Waals surface area contributed by atoms with Crippen molar-refractivity contribution in [2.75, 3.05) is 0 Å². The molecule has 0 aliphatic heterocycles. The Hall–Kier alpha value is -0.632. The first-order valence-corrected chi connectivity index (χ1v) is 7.47. The van der Waals surface area contributed by atoms with Gasteiger partial charge in [-0.05, 0) is 51.4 Å². The summed E-state index contributed by atoms with van der Waals surface area (Å²) < 4.78 is 39.0. The van der Waals surface area contributed by atoms with E-state index in [0.717, 1.165) is 0 Å². The van der Waals surface area contributed by atoms with Crippen LogP contribution in [0.25, 0.3) is 0 Å². The zero-order chi connectivity index (χ0) is 15.8. The fourth-order valence-electron chi connectivity index (χ4n) is 1.71. The molecule has 2 aliphatic carbocycles. The van der Waals surface area contributed by atoms with Crippen LogP contribution in [-0.4, -0.2) is 7.25 Å². The molecule has 2 aliphatic rings. The SMILES string of the molecule is C1=C\CC/C=C\CC/1.C1=C\CC/C=C\CC/1.F[B-](F)(F)F.[Rh]. The van der Waals surface area contributed by atoms with Crippen molar-refractivity contribution in [1.82, 2.24) is 0 Å². The Kier molecular flexibility index (Phi) is 18.0. The van der Waals surface area contributed by atoms with Gasteiger partial charge in [-0.1, -0.05) is 48.6 Å². The van der Waals surface area contributed by atoms with Gasteiger partial charge in [0, 0.05) is 19.5 Å². The van der Waals surface area contributed by atoms with Gasteiger partial charge in [-0.25, -0.2) is 0 Å². The largest absolute Gasteiger partial charge is 0.673 e. The Morgan fingerprint density at radius 3 is 0.591 bits per heavy atom. The van der Waals surface area contributed by atoms with E-state index in [1.807, 2.05) is 0 Å². The molecule has 0 heterocycles. The second-order valence-corrected chi connectivity index (χ2v) is 4.69. The van der Waals surface area contributed by atoms with E-state index in [-0.39, 0.29) is 19.5 Å². The minimum Gasteiger partial charge on any atom is -0.418 e. The monoisotopic (exact) mass is 406 g/mol. The number of hydrogen-bond donors (Lipinski definition) is 0. The smallest absolute Gasteiger partial charge is 0.418 e. The third kappa shape index (κ3) is 27.7. The van der Waals surface area contributed by atoms with E-state index >= 15 is 0 Å². The molecular formula is C16H24BF4Rh-. The summed E-state index contributed by atoms with van der Waals surface area (Å²) in [4.78, 5) is 0. The van der Waals surface area contributed by atoms with Crippen molar-refractivity contribution >= 4 is 7.25 Å². The quantitative estimate of drug-likeness (QED) is 0.240. The topological polar surface area (TPSA) is 0 Å². The molecule has 0 spiro atoms. The van der Waals surface area contributed by atoms with Gasteiger partial charge in [-0.15, -0.1) is 0 Å². The van der Waals surface area contributed by atoms with Crippen molar-refractivity contribution in [1.29, 1.82) is 0 Å². The Bertz CT molecular complexity index is 261. The molecule has 0 atom stereocenters. The molecule has 0 fully saturated rings. The fourth-order valence-corrected chi connectivity index (χ4v) is 1.71. The average molecular weight is 406 g/mol. The molecule has 129 valence electrons. The van der Waals surface area contributed by atoms with Crippen LogP contribution in [0.4, 0.5) is 17.3 Å². The summed E-state index contributed by atoms with van der Waals surface area (Å²) in [5.74, 6) is 0. The number of allylic oxidation sites excluding steroid dienone is 8. The molecule has 0 amide bonds. The third-order valence-corrected chi connectivity index (χ3v) is 2.67. The van der Waals surface area contributed by atoms with Gasteiger partial charge in [0.15, 0.2) is 0 Å². The second kappa shape index (κ2) is 16.7. The van der Waals surface area contributed by atoms with E-state index < -0.39 is 7.25 Å². The van der Waals surface area contributed by atoms with Crippen molar-refractivity contribution in [2.24, 2.45) is 0 Å². The molecule has 0 nitrogen and oxygen atoms in total. The normalized spacial score (nSPS) is 23.1. The van der Waals surface area contributed by atoms with Gasteiger partial charge in [0.05, 0.1) is 0 Å². The molecule has 22 heavy (non-hydrogen) atoms. The van der Waals surface area contributed by atoms with Crippen LogP contribution >= 0.6 is 0 Å². The molecule has 0 N–H and O–H groups in total. The number of rotatable bonds is 0.